The summed E-state index contributed by atoms with van der Waals surface area (Å²) in [6, 6.07) is 3.13. The van der Waals surface area contributed by atoms with Gasteiger partial charge in [0.05, 0.1) is 12.3 Å². The Labute approximate surface area is 230 Å². The van der Waals surface area contributed by atoms with Gasteiger partial charge in [-0.15, -0.1) is 0 Å². The average Bonchev–Trinajstić information content (AvgIpc) is 2.95. The van der Waals surface area contributed by atoms with Gasteiger partial charge in [0, 0.05) is 6.54 Å². The number of rotatable bonds is 8. The second-order valence-corrected chi connectivity index (χ2v) is 13.2. The molecule has 1 aromatic rings. The van der Waals surface area contributed by atoms with E-state index in [1.807, 2.05) is 0 Å². The monoisotopic (exact) mass is 527 g/mol. The van der Waals surface area contributed by atoms with Gasteiger partial charge >= 0.3 is 0 Å². The maximum Gasteiger partial charge on any atom is 0.202 e. The molecule has 5 rings (SSSR count). The molecule has 4 heteroatoms. The minimum absolute atomic E-state index is 0.00865. The van der Waals surface area contributed by atoms with Crippen LogP contribution >= 0.6 is 0 Å². The predicted octanol–water partition coefficient (Wildman–Crippen LogP) is 9.80. The third kappa shape index (κ3) is 6.58. The van der Waals surface area contributed by atoms with Crippen LogP contribution in [0.25, 0.3) is 0 Å². The van der Waals surface area contributed by atoms with Gasteiger partial charge in [0.15, 0.2) is 11.6 Å². The van der Waals surface area contributed by atoms with E-state index in [9.17, 15) is 8.78 Å². The van der Waals surface area contributed by atoms with Crippen molar-refractivity contribution in [1.29, 1.82) is 0 Å². The summed E-state index contributed by atoms with van der Waals surface area (Å²) in [5, 5.41) is 3.18. The fourth-order valence-electron chi connectivity index (χ4n) is 8.98. The van der Waals surface area contributed by atoms with Crippen LogP contribution in [0.3, 0.4) is 0 Å². The van der Waals surface area contributed by atoms with E-state index in [0.29, 0.717) is 12.5 Å². The summed E-state index contributed by atoms with van der Waals surface area (Å²) in [5.74, 6) is 5.51. The van der Waals surface area contributed by atoms with Crippen LogP contribution in [0.2, 0.25) is 0 Å². The topological polar surface area (TPSA) is 21.3 Å². The first kappa shape index (κ1) is 28.0. The fourth-order valence-corrected chi connectivity index (χ4v) is 8.98. The molecular formula is C34H51F2NO. The lowest BCUT2D eigenvalue weighted by atomic mass is 9.60. The van der Waals surface area contributed by atoms with Crippen molar-refractivity contribution in [2.75, 3.05) is 18.5 Å². The van der Waals surface area contributed by atoms with Crippen molar-refractivity contribution < 1.29 is 13.5 Å². The largest absolute Gasteiger partial charge is 0.491 e. The highest BCUT2D eigenvalue weighted by Gasteiger charge is 2.39. The number of ether oxygens (including phenoxy) is 1. The van der Waals surface area contributed by atoms with Gasteiger partial charge in [-0.3, -0.25) is 0 Å². The maximum atomic E-state index is 14.4. The van der Waals surface area contributed by atoms with Crippen LogP contribution in [0.5, 0.6) is 5.75 Å². The maximum absolute atomic E-state index is 14.4. The zero-order valence-electron chi connectivity index (χ0n) is 23.9. The molecule has 4 aliphatic rings. The van der Waals surface area contributed by atoms with E-state index >= 15 is 0 Å². The first-order chi connectivity index (χ1) is 18.6. The van der Waals surface area contributed by atoms with Crippen molar-refractivity contribution >= 4 is 5.69 Å². The van der Waals surface area contributed by atoms with E-state index in [1.54, 1.807) is 13.0 Å². The number of hydrogen-bond donors (Lipinski definition) is 1. The molecule has 0 radical (unpaired) electrons. The van der Waals surface area contributed by atoms with Gasteiger partial charge in [-0.1, -0.05) is 12.2 Å². The Bertz CT molecular complexity index is 915. The first-order valence-corrected chi connectivity index (χ1v) is 16.0. The molecule has 4 saturated carbocycles. The smallest absolute Gasteiger partial charge is 0.202 e. The summed E-state index contributed by atoms with van der Waals surface area (Å²) < 4.78 is 33.8. The molecule has 0 aliphatic heterocycles. The molecule has 0 aromatic heterocycles. The molecule has 38 heavy (non-hydrogen) atoms. The van der Waals surface area contributed by atoms with Gasteiger partial charge < -0.3 is 10.1 Å². The van der Waals surface area contributed by atoms with Crippen LogP contribution in [0.4, 0.5) is 14.5 Å². The van der Waals surface area contributed by atoms with E-state index < -0.39 is 11.6 Å². The number of allylic oxidation sites excluding steroid dienone is 2. The summed E-state index contributed by atoms with van der Waals surface area (Å²) >= 11 is 0. The number of anilines is 1. The van der Waals surface area contributed by atoms with E-state index in [4.69, 9.17) is 4.74 Å². The second kappa shape index (κ2) is 13.2. The summed E-state index contributed by atoms with van der Waals surface area (Å²) in [6.45, 7) is 5.00. The number of hydrogen-bond acceptors (Lipinski definition) is 2. The molecule has 0 saturated heterocycles. The van der Waals surface area contributed by atoms with Crippen LogP contribution < -0.4 is 10.1 Å². The Hall–Kier alpha value is -1.58. The lowest BCUT2D eigenvalue weighted by Gasteiger charge is -2.46. The van der Waals surface area contributed by atoms with Gasteiger partial charge in [0.2, 0.25) is 5.82 Å². The first-order valence-electron chi connectivity index (χ1n) is 16.0. The Balaban J connectivity index is 1.02. The van der Waals surface area contributed by atoms with Crippen molar-refractivity contribution in [3.63, 3.8) is 0 Å². The predicted molar refractivity (Wildman–Crippen MR) is 153 cm³/mol. The van der Waals surface area contributed by atoms with Crippen LogP contribution in [0, 0.1) is 59.0 Å². The van der Waals surface area contributed by atoms with Gasteiger partial charge in [0.1, 0.15) is 0 Å². The van der Waals surface area contributed by atoms with E-state index in [0.717, 1.165) is 48.0 Å². The molecule has 4 fully saturated rings. The molecular weight excluding hydrogens is 476 g/mol. The van der Waals surface area contributed by atoms with Crippen molar-refractivity contribution in [2.24, 2.45) is 47.3 Å². The second-order valence-electron chi connectivity index (χ2n) is 13.2. The molecule has 212 valence electrons. The highest BCUT2D eigenvalue weighted by atomic mass is 19.2. The summed E-state index contributed by atoms with van der Waals surface area (Å²) in [7, 11) is 0. The van der Waals surface area contributed by atoms with E-state index in [2.05, 4.69) is 24.4 Å². The molecule has 0 spiro atoms. The lowest BCUT2D eigenvalue weighted by molar-refractivity contribution is 0.0577. The van der Waals surface area contributed by atoms with Crippen molar-refractivity contribution in [3.8, 4) is 5.75 Å². The summed E-state index contributed by atoms with van der Waals surface area (Å²) in [6.07, 6.45) is 24.5. The number of halogens is 2. The Morgan fingerprint density at radius 2 is 1.29 bits per heavy atom. The highest BCUT2D eigenvalue weighted by Crippen LogP contribution is 2.50. The van der Waals surface area contributed by atoms with Gasteiger partial charge in [-0.2, -0.15) is 4.39 Å². The Kier molecular flexibility index (Phi) is 9.70. The minimum atomic E-state index is -0.888. The molecule has 1 aromatic carbocycles. The number of benzene rings is 1. The van der Waals surface area contributed by atoms with Crippen LogP contribution in [-0.4, -0.2) is 13.2 Å². The van der Waals surface area contributed by atoms with Crippen LogP contribution in [-0.2, 0) is 0 Å². The summed E-state index contributed by atoms with van der Waals surface area (Å²) in [4.78, 5) is 0. The van der Waals surface area contributed by atoms with Gasteiger partial charge in [0.25, 0.3) is 0 Å². The zero-order valence-corrected chi connectivity index (χ0v) is 23.9. The normalized spacial score (nSPS) is 36.1. The molecule has 1 N–H and O–H groups in total. The van der Waals surface area contributed by atoms with Gasteiger partial charge in [-0.05, 0) is 163 Å². The fraction of sp³-hybridized carbons (Fsp3) is 0.765. The van der Waals surface area contributed by atoms with Crippen molar-refractivity contribution in [2.45, 2.75) is 104 Å². The molecule has 4 aliphatic carbocycles. The van der Waals surface area contributed by atoms with E-state index in [-0.39, 0.29) is 11.4 Å². The van der Waals surface area contributed by atoms with Crippen molar-refractivity contribution in [3.05, 3.63) is 35.9 Å². The average molecular weight is 528 g/mol. The quantitative estimate of drug-likeness (QED) is 0.340. The number of nitrogens with one attached hydrogen (secondary N) is 1. The zero-order chi connectivity index (χ0) is 26.5. The standard InChI is InChI=1S/C34H51F2NO/c1-3-5-23-6-11-30-21-29(17-16-28(30)20-23)27-14-12-26(13-15-27)25-9-7-24(8-10-25)22-37-31-18-19-32(38-4-2)34(36)33(31)35/h3,5,18-19,23-30,37H,4,6-17,20-22H2,1-2H3/b5-3+. The van der Waals surface area contributed by atoms with Crippen LogP contribution in [0.1, 0.15) is 104 Å². The molecule has 0 heterocycles. The SMILES string of the molecule is C/C=C/C1CCC2CC(C3CCC(C4CCC(CNc5ccc(OCC)c(F)c5F)CC4)CC3)CCC2C1. The molecule has 4 atom stereocenters. The molecule has 2 nitrogen and oxygen atoms in total. The third-order valence-electron chi connectivity index (χ3n) is 11.1. The van der Waals surface area contributed by atoms with Crippen molar-refractivity contribution in [1.82, 2.24) is 0 Å². The molecule has 0 bridgehead atoms. The highest BCUT2D eigenvalue weighted by molar-refractivity contribution is 5.49. The number of fused-ring (bicyclic) bond motifs is 1. The molecule has 0 amide bonds. The Morgan fingerprint density at radius 1 is 0.737 bits per heavy atom. The van der Waals surface area contributed by atoms with Crippen LogP contribution in [0.15, 0.2) is 24.3 Å². The minimum Gasteiger partial charge on any atom is -0.491 e. The Morgan fingerprint density at radius 3 is 1.95 bits per heavy atom. The van der Waals surface area contributed by atoms with E-state index in [1.165, 1.54) is 96.0 Å². The lowest BCUT2D eigenvalue weighted by Crippen LogP contribution is -2.35. The third-order valence-corrected chi connectivity index (χ3v) is 11.1. The molecule has 4 unspecified atom stereocenters. The summed E-state index contributed by atoms with van der Waals surface area (Å²) in [5.41, 5.74) is 0.256. The van der Waals surface area contributed by atoms with Gasteiger partial charge in [-0.25, -0.2) is 4.39 Å².